The number of carbonyl (C=O) groups excluding carboxylic acids is 1. The highest BCUT2D eigenvalue weighted by molar-refractivity contribution is 7.92. The normalized spacial score (nSPS) is 12.7. The summed E-state index contributed by atoms with van der Waals surface area (Å²) in [5.41, 5.74) is 1.09. The van der Waals surface area contributed by atoms with Gasteiger partial charge in [0.15, 0.2) is 11.5 Å². The van der Waals surface area contributed by atoms with Crippen molar-refractivity contribution < 1.29 is 22.7 Å². The summed E-state index contributed by atoms with van der Waals surface area (Å²) in [5.74, 6) is 0.413. The zero-order valence-electron chi connectivity index (χ0n) is 14.5. The number of anilines is 2. The summed E-state index contributed by atoms with van der Waals surface area (Å²) in [7, 11) is -3.72. The average molecular weight is 387 g/mol. The van der Waals surface area contributed by atoms with Crippen LogP contribution >= 0.6 is 0 Å². The minimum Gasteiger partial charge on any atom is -0.486 e. The van der Waals surface area contributed by atoms with Crippen LogP contribution in [0, 0.1) is 11.3 Å². The molecule has 1 heterocycles. The molecular formula is C18H17N3O5S. The second kappa shape index (κ2) is 7.55. The van der Waals surface area contributed by atoms with E-state index in [1.807, 2.05) is 6.07 Å². The Balaban J connectivity index is 1.81. The second-order valence-corrected chi connectivity index (χ2v) is 7.75. The molecule has 140 valence electrons. The summed E-state index contributed by atoms with van der Waals surface area (Å²) < 4.78 is 36.3. The van der Waals surface area contributed by atoms with Crippen molar-refractivity contribution in [2.24, 2.45) is 0 Å². The SMILES string of the molecule is CS(=O)(=O)N(CC(=O)Nc1cccc(C#N)c1)c1ccc2c(c1)OCCO2. The van der Waals surface area contributed by atoms with Crippen LogP contribution in [-0.4, -0.2) is 40.3 Å². The van der Waals surface area contributed by atoms with Gasteiger partial charge in [-0.3, -0.25) is 9.10 Å². The Bertz CT molecular complexity index is 1010. The van der Waals surface area contributed by atoms with E-state index in [1.54, 1.807) is 30.3 Å². The molecule has 0 spiro atoms. The van der Waals surface area contributed by atoms with Crippen molar-refractivity contribution in [2.75, 3.05) is 35.6 Å². The lowest BCUT2D eigenvalue weighted by Crippen LogP contribution is -2.37. The van der Waals surface area contributed by atoms with E-state index in [9.17, 15) is 13.2 Å². The van der Waals surface area contributed by atoms with Crippen LogP contribution in [0.4, 0.5) is 11.4 Å². The molecule has 0 unspecified atom stereocenters. The Kier molecular flexibility index (Phi) is 5.19. The number of sulfonamides is 1. The summed E-state index contributed by atoms with van der Waals surface area (Å²) in [6, 6.07) is 13.0. The minimum atomic E-state index is -3.72. The molecule has 0 aromatic heterocycles. The third kappa shape index (κ3) is 4.48. The first-order chi connectivity index (χ1) is 12.9. The van der Waals surface area contributed by atoms with Gasteiger partial charge in [-0.2, -0.15) is 5.26 Å². The van der Waals surface area contributed by atoms with Crippen molar-refractivity contribution in [3.63, 3.8) is 0 Å². The Morgan fingerprint density at radius 1 is 1.19 bits per heavy atom. The van der Waals surface area contributed by atoms with E-state index in [0.717, 1.165) is 10.6 Å². The Morgan fingerprint density at radius 3 is 2.63 bits per heavy atom. The lowest BCUT2D eigenvalue weighted by Gasteiger charge is -2.24. The molecule has 9 heteroatoms. The fourth-order valence-corrected chi connectivity index (χ4v) is 3.43. The maximum Gasteiger partial charge on any atom is 0.245 e. The van der Waals surface area contributed by atoms with Gasteiger partial charge in [-0.1, -0.05) is 6.07 Å². The molecule has 3 rings (SSSR count). The maximum absolute atomic E-state index is 12.4. The third-order valence-electron chi connectivity index (χ3n) is 3.78. The van der Waals surface area contributed by atoms with Crippen LogP contribution in [0.25, 0.3) is 0 Å². The van der Waals surface area contributed by atoms with Gasteiger partial charge in [0.25, 0.3) is 0 Å². The largest absolute Gasteiger partial charge is 0.486 e. The number of ether oxygens (including phenoxy) is 2. The second-order valence-electron chi connectivity index (χ2n) is 5.84. The number of hydrogen-bond acceptors (Lipinski definition) is 6. The number of nitrogens with one attached hydrogen (secondary N) is 1. The van der Waals surface area contributed by atoms with E-state index in [1.165, 1.54) is 12.1 Å². The molecule has 0 saturated carbocycles. The van der Waals surface area contributed by atoms with Crippen LogP contribution in [0.3, 0.4) is 0 Å². The molecular weight excluding hydrogens is 370 g/mol. The number of amides is 1. The molecule has 2 aromatic rings. The van der Waals surface area contributed by atoms with Crippen molar-refractivity contribution in [3.8, 4) is 17.6 Å². The molecule has 2 aromatic carbocycles. The number of nitrogens with zero attached hydrogens (tertiary/aromatic N) is 2. The van der Waals surface area contributed by atoms with Gasteiger partial charge in [0.05, 0.1) is 23.6 Å². The highest BCUT2D eigenvalue weighted by Crippen LogP contribution is 2.34. The molecule has 1 N–H and O–H groups in total. The van der Waals surface area contributed by atoms with Crippen molar-refractivity contribution in [2.45, 2.75) is 0 Å². The van der Waals surface area contributed by atoms with Gasteiger partial charge in [-0.05, 0) is 30.3 Å². The molecule has 1 aliphatic rings. The van der Waals surface area contributed by atoms with Crippen molar-refractivity contribution >= 4 is 27.3 Å². The molecule has 1 amide bonds. The lowest BCUT2D eigenvalue weighted by atomic mass is 10.2. The lowest BCUT2D eigenvalue weighted by molar-refractivity contribution is -0.114. The summed E-state index contributed by atoms with van der Waals surface area (Å²) in [5, 5.41) is 11.5. The first kappa shape index (κ1) is 18.5. The van der Waals surface area contributed by atoms with Crippen molar-refractivity contribution in [1.29, 1.82) is 5.26 Å². The first-order valence-electron chi connectivity index (χ1n) is 8.04. The standard InChI is InChI=1S/C18H17N3O5S/c1-27(23,24)21(15-5-6-16-17(10-15)26-8-7-25-16)12-18(22)20-14-4-2-3-13(9-14)11-19/h2-6,9-10H,7-8,12H2,1H3,(H,20,22). The summed E-state index contributed by atoms with van der Waals surface area (Å²) >= 11 is 0. The van der Waals surface area contributed by atoms with Gasteiger partial charge in [0.1, 0.15) is 19.8 Å². The van der Waals surface area contributed by atoms with Crippen molar-refractivity contribution in [3.05, 3.63) is 48.0 Å². The fourth-order valence-electron chi connectivity index (χ4n) is 2.58. The molecule has 0 aliphatic carbocycles. The molecule has 1 aliphatic heterocycles. The van der Waals surface area contributed by atoms with Crippen LogP contribution in [0.5, 0.6) is 11.5 Å². The maximum atomic E-state index is 12.4. The van der Waals surface area contributed by atoms with E-state index in [2.05, 4.69) is 5.32 Å². The van der Waals surface area contributed by atoms with E-state index >= 15 is 0 Å². The van der Waals surface area contributed by atoms with Gasteiger partial charge >= 0.3 is 0 Å². The van der Waals surface area contributed by atoms with Gasteiger partial charge in [-0.25, -0.2) is 8.42 Å². The number of nitriles is 1. The van der Waals surface area contributed by atoms with Gasteiger partial charge in [0.2, 0.25) is 15.9 Å². The molecule has 0 bridgehead atoms. The number of hydrogen-bond donors (Lipinski definition) is 1. The smallest absolute Gasteiger partial charge is 0.245 e. The van der Waals surface area contributed by atoms with Gasteiger partial charge < -0.3 is 14.8 Å². The zero-order valence-corrected chi connectivity index (χ0v) is 15.3. The first-order valence-corrected chi connectivity index (χ1v) is 9.89. The average Bonchev–Trinajstić information content (AvgIpc) is 2.65. The molecule has 27 heavy (non-hydrogen) atoms. The van der Waals surface area contributed by atoms with Crippen LogP contribution in [0.15, 0.2) is 42.5 Å². The monoisotopic (exact) mass is 387 g/mol. The predicted molar refractivity (Wildman–Crippen MR) is 99.4 cm³/mol. The highest BCUT2D eigenvalue weighted by atomic mass is 32.2. The van der Waals surface area contributed by atoms with E-state index in [-0.39, 0.29) is 0 Å². The van der Waals surface area contributed by atoms with Crippen LogP contribution < -0.4 is 19.1 Å². The molecule has 0 atom stereocenters. The van der Waals surface area contributed by atoms with Crippen LogP contribution in [0.1, 0.15) is 5.56 Å². The quantitative estimate of drug-likeness (QED) is 0.837. The van der Waals surface area contributed by atoms with E-state index in [4.69, 9.17) is 14.7 Å². The van der Waals surface area contributed by atoms with E-state index in [0.29, 0.717) is 41.7 Å². The predicted octanol–water partition coefficient (Wildman–Crippen LogP) is 1.73. The van der Waals surface area contributed by atoms with Crippen LogP contribution in [-0.2, 0) is 14.8 Å². The zero-order chi connectivity index (χ0) is 19.4. The number of benzene rings is 2. The van der Waals surface area contributed by atoms with Crippen LogP contribution in [0.2, 0.25) is 0 Å². The molecule has 0 fully saturated rings. The summed E-state index contributed by atoms with van der Waals surface area (Å²) in [4.78, 5) is 12.4. The molecule has 8 nitrogen and oxygen atoms in total. The number of fused-ring (bicyclic) bond motifs is 1. The minimum absolute atomic E-state index is 0.294. The van der Waals surface area contributed by atoms with Gasteiger partial charge in [0, 0.05) is 11.8 Å². The highest BCUT2D eigenvalue weighted by Gasteiger charge is 2.23. The van der Waals surface area contributed by atoms with Gasteiger partial charge in [-0.15, -0.1) is 0 Å². The van der Waals surface area contributed by atoms with E-state index < -0.39 is 22.5 Å². The topological polar surface area (TPSA) is 109 Å². The van der Waals surface area contributed by atoms with Crippen molar-refractivity contribution in [1.82, 2.24) is 0 Å². The summed E-state index contributed by atoms with van der Waals surface area (Å²) in [6.07, 6.45) is 1.02. The summed E-state index contributed by atoms with van der Waals surface area (Å²) in [6.45, 7) is 0.368. The third-order valence-corrected chi connectivity index (χ3v) is 4.92. The molecule has 0 saturated heterocycles. The Hall–Kier alpha value is -3.25. The number of carbonyl (C=O) groups is 1. The molecule has 0 radical (unpaired) electrons. The number of rotatable bonds is 5. The Morgan fingerprint density at radius 2 is 1.93 bits per heavy atom. The Labute approximate surface area is 157 Å². The fraction of sp³-hybridized carbons (Fsp3) is 0.222.